The normalized spacial score (nSPS) is 12.3. The Hall–Kier alpha value is -1.56. The summed E-state index contributed by atoms with van der Waals surface area (Å²) in [7, 11) is 0. The molecule has 0 atom stereocenters. The van der Waals surface area contributed by atoms with E-state index in [-0.39, 0.29) is 5.56 Å². The lowest BCUT2D eigenvalue weighted by Crippen LogP contribution is -2.42. The smallest absolute Gasteiger partial charge is 0.416 e. The van der Waals surface area contributed by atoms with Gasteiger partial charge in [0.25, 0.3) is 0 Å². The van der Waals surface area contributed by atoms with Crippen LogP contribution >= 0.6 is 0 Å². The van der Waals surface area contributed by atoms with Gasteiger partial charge in [0, 0.05) is 5.56 Å². The Labute approximate surface area is 103 Å². The molecule has 100 valence electrons. The fourth-order valence-electron chi connectivity index (χ4n) is 1.25. The first-order chi connectivity index (χ1) is 8.12. The number of rotatable bonds is 3. The molecular weight excluding hydrogens is 247 g/mol. The first-order valence-corrected chi connectivity index (χ1v) is 5.23. The maximum absolute atomic E-state index is 12.6. The zero-order valence-corrected chi connectivity index (χ0v) is 10.0. The van der Waals surface area contributed by atoms with Gasteiger partial charge in [0.15, 0.2) is 0 Å². The van der Waals surface area contributed by atoms with Crippen LogP contribution in [0.5, 0.6) is 0 Å². The highest BCUT2D eigenvalue weighted by Crippen LogP contribution is 2.32. The third-order valence-corrected chi connectivity index (χ3v) is 2.21. The molecule has 0 aliphatic rings. The molecule has 0 saturated carbocycles. The van der Waals surface area contributed by atoms with Gasteiger partial charge < -0.3 is 10.5 Å². The van der Waals surface area contributed by atoms with Crippen molar-refractivity contribution in [1.82, 2.24) is 0 Å². The number of ether oxygens (including phenoxy) is 1. The molecule has 3 nitrogen and oxygen atoms in total. The summed E-state index contributed by atoms with van der Waals surface area (Å²) in [5, 5.41) is 0. The van der Waals surface area contributed by atoms with Crippen LogP contribution in [0.4, 0.5) is 13.2 Å². The van der Waals surface area contributed by atoms with Gasteiger partial charge in [0.2, 0.25) is 0 Å². The van der Waals surface area contributed by atoms with Crippen LogP contribution in [0.3, 0.4) is 0 Å². The molecule has 0 unspecified atom stereocenters. The van der Waals surface area contributed by atoms with Crippen molar-refractivity contribution in [3.63, 3.8) is 0 Å². The number of halogens is 3. The highest BCUT2D eigenvalue weighted by Gasteiger charge is 2.33. The standard InChI is InChI=1S/C12H14F3NO2/c1-11(2,16)10(17)18-7-8-5-3-4-6-9(8)12(13,14)15/h3-6H,7,16H2,1-2H3. The molecule has 1 aromatic rings. The lowest BCUT2D eigenvalue weighted by atomic mass is 10.1. The van der Waals surface area contributed by atoms with E-state index in [9.17, 15) is 18.0 Å². The van der Waals surface area contributed by atoms with Crippen LogP contribution in [0.2, 0.25) is 0 Å². The number of hydrogen-bond acceptors (Lipinski definition) is 3. The molecule has 1 rings (SSSR count). The summed E-state index contributed by atoms with van der Waals surface area (Å²) in [5.74, 6) is -0.750. The zero-order valence-electron chi connectivity index (χ0n) is 10.0. The van der Waals surface area contributed by atoms with Gasteiger partial charge in [0.05, 0.1) is 5.56 Å². The minimum Gasteiger partial charge on any atom is -0.459 e. The van der Waals surface area contributed by atoms with E-state index in [1.54, 1.807) is 0 Å². The Morgan fingerprint density at radius 2 is 1.83 bits per heavy atom. The number of carbonyl (C=O) groups is 1. The van der Waals surface area contributed by atoms with E-state index in [1.807, 2.05) is 0 Å². The van der Waals surface area contributed by atoms with Crippen molar-refractivity contribution < 1.29 is 22.7 Å². The molecule has 0 aromatic heterocycles. The molecule has 2 N–H and O–H groups in total. The van der Waals surface area contributed by atoms with E-state index in [2.05, 4.69) is 0 Å². The van der Waals surface area contributed by atoms with E-state index in [1.165, 1.54) is 32.0 Å². The lowest BCUT2D eigenvalue weighted by molar-refractivity contribution is -0.152. The SMILES string of the molecule is CC(C)(N)C(=O)OCc1ccccc1C(F)(F)F. The van der Waals surface area contributed by atoms with Crippen molar-refractivity contribution in [1.29, 1.82) is 0 Å². The van der Waals surface area contributed by atoms with Gasteiger partial charge in [-0.05, 0) is 19.9 Å². The van der Waals surface area contributed by atoms with Gasteiger partial charge in [-0.25, -0.2) is 0 Å². The second-order valence-electron chi connectivity index (χ2n) is 4.45. The molecule has 0 radical (unpaired) electrons. The van der Waals surface area contributed by atoms with Crippen molar-refractivity contribution >= 4 is 5.97 Å². The summed E-state index contributed by atoms with van der Waals surface area (Å²) >= 11 is 0. The summed E-state index contributed by atoms with van der Waals surface area (Å²) in [5.41, 5.74) is 3.33. The number of benzene rings is 1. The van der Waals surface area contributed by atoms with Gasteiger partial charge in [-0.3, -0.25) is 4.79 Å². The van der Waals surface area contributed by atoms with Gasteiger partial charge in [-0.15, -0.1) is 0 Å². The van der Waals surface area contributed by atoms with Crippen molar-refractivity contribution in [2.24, 2.45) is 5.73 Å². The fraction of sp³-hybridized carbons (Fsp3) is 0.417. The summed E-state index contributed by atoms with van der Waals surface area (Å²) in [6, 6.07) is 4.93. The molecule has 0 saturated heterocycles. The predicted octanol–water partition coefficient (Wildman–Crippen LogP) is 2.49. The molecule has 0 aliphatic heterocycles. The highest BCUT2D eigenvalue weighted by molar-refractivity contribution is 5.79. The Bertz CT molecular complexity index is 436. The van der Waals surface area contributed by atoms with Crippen LogP contribution in [0, 0.1) is 0 Å². The first kappa shape index (κ1) is 14.5. The number of nitrogens with two attached hydrogens (primary N) is 1. The summed E-state index contributed by atoms with van der Waals surface area (Å²) in [4.78, 5) is 11.4. The lowest BCUT2D eigenvalue weighted by Gasteiger charge is -2.18. The van der Waals surface area contributed by atoms with E-state index in [4.69, 9.17) is 10.5 Å². The van der Waals surface area contributed by atoms with Crippen LogP contribution < -0.4 is 5.73 Å². The second kappa shape index (κ2) is 4.97. The van der Waals surface area contributed by atoms with E-state index in [0.717, 1.165) is 6.07 Å². The van der Waals surface area contributed by atoms with Gasteiger partial charge in [-0.2, -0.15) is 13.2 Å². The Kier molecular flexibility index (Phi) is 4.01. The molecule has 0 fully saturated rings. The minimum atomic E-state index is -4.47. The van der Waals surface area contributed by atoms with Crippen LogP contribution in [0.25, 0.3) is 0 Å². The third-order valence-electron chi connectivity index (χ3n) is 2.21. The van der Waals surface area contributed by atoms with E-state index >= 15 is 0 Å². The number of alkyl halides is 3. The number of hydrogen-bond donors (Lipinski definition) is 1. The van der Waals surface area contributed by atoms with Crippen molar-refractivity contribution in [3.8, 4) is 0 Å². The van der Waals surface area contributed by atoms with Crippen molar-refractivity contribution in [2.45, 2.75) is 32.2 Å². The van der Waals surface area contributed by atoms with Crippen molar-refractivity contribution in [2.75, 3.05) is 0 Å². The number of carbonyl (C=O) groups excluding carboxylic acids is 1. The third kappa shape index (κ3) is 3.73. The van der Waals surface area contributed by atoms with Crippen LogP contribution in [-0.4, -0.2) is 11.5 Å². The monoisotopic (exact) mass is 261 g/mol. The van der Waals surface area contributed by atoms with Gasteiger partial charge in [0.1, 0.15) is 12.1 Å². The highest BCUT2D eigenvalue weighted by atomic mass is 19.4. The van der Waals surface area contributed by atoms with Gasteiger partial charge >= 0.3 is 12.1 Å². The number of esters is 1. The molecule has 0 aliphatic carbocycles. The topological polar surface area (TPSA) is 52.3 Å². The fourth-order valence-corrected chi connectivity index (χ4v) is 1.25. The van der Waals surface area contributed by atoms with E-state index < -0.39 is 29.9 Å². The molecular formula is C12H14F3NO2. The molecule has 18 heavy (non-hydrogen) atoms. The van der Waals surface area contributed by atoms with Crippen LogP contribution in [-0.2, 0) is 22.3 Å². The largest absolute Gasteiger partial charge is 0.459 e. The summed E-state index contributed by atoms with van der Waals surface area (Å²) < 4.78 is 42.7. The van der Waals surface area contributed by atoms with Crippen LogP contribution in [0.1, 0.15) is 25.0 Å². The molecule has 0 spiro atoms. The summed E-state index contributed by atoms with van der Waals surface area (Å²) in [6.45, 7) is 2.39. The molecule has 0 bridgehead atoms. The Morgan fingerprint density at radius 3 is 2.33 bits per heavy atom. The summed E-state index contributed by atoms with van der Waals surface area (Å²) in [6.07, 6.45) is -4.47. The molecule has 0 heterocycles. The Morgan fingerprint density at radius 1 is 1.28 bits per heavy atom. The molecule has 6 heteroatoms. The van der Waals surface area contributed by atoms with Gasteiger partial charge in [-0.1, -0.05) is 18.2 Å². The maximum atomic E-state index is 12.6. The molecule has 0 amide bonds. The average Bonchev–Trinajstić information content (AvgIpc) is 2.23. The first-order valence-electron chi connectivity index (χ1n) is 5.23. The second-order valence-corrected chi connectivity index (χ2v) is 4.45. The minimum absolute atomic E-state index is 0.0948. The predicted molar refractivity (Wildman–Crippen MR) is 59.5 cm³/mol. The average molecular weight is 261 g/mol. The quantitative estimate of drug-likeness (QED) is 0.850. The van der Waals surface area contributed by atoms with Crippen LogP contribution in [0.15, 0.2) is 24.3 Å². The van der Waals surface area contributed by atoms with Crippen molar-refractivity contribution in [3.05, 3.63) is 35.4 Å². The Balaban J connectivity index is 2.84. The zero-order chi connectivity index (χ0) is 14.0. The maximum Gasteiger partial charge on any atom is 0.416 e. The molecule has 1 aromatic carbocycles. The van der Waals surface area contributed by atoms with E-state index in [0.29, 0.717) is 0 Å².